The standard InChI is InChI=1S/C13H26OSi/c1-10(2)12(13(14)11(3)4)8-9-15(5,6)7/h10-14H,1-7H3/t12-,13-/m1/s1. The van der Waals surface area contributed by atoms with Crippen LogP contribution in [0.2, 0.25) is 19.6 Å². The maximum absolute atomic E-state index is 10.1. The lowest BCUT2D eigenvalue weighted by Gasteiger charge is -2.25. The molecule has 0 radical (unpaired) electrons. The van der Waals surface area contributed by atoms with Crippen molar-refractivity contribution in [2.75, 3.05) is 0 Å². The van der Waals surface area contributed by atoms with E-state index >= 15 is 0 Å². The summed E-state index contributed by atoms with van der Waals surface area (Å²) in [6.45, 7) is 15.1. The Morgan fingerprint density at radius 1 is 0.933 bits per heavy atom. The average molecular weight is 226 g/mol. The largest absolute Gasteiger partial charge is 0.392 e. The van der Waals surface area contributed by atoms with Crippen molar-refractivity contribution in [1.29, 1.82) is 0 Å². The van der Waals surface area contributed by atoms with E-state index in [2.05, 4.69) is 58.8 Å². The predicted molar refractivity (Wildman–Crippen MR) is 70.3 cm³/mol. The third-order valence-corrected chi connectivity index (χ3v) is 3.28. The first-order valence-electron chi connectivity index (χ1n) is 5.86. The van der Waals surface area contributed by atoms with E-state index in [-0.39, 0.29) is 17.9 Å². The highest BCUT2D eigenvalue weighted by Crippen LogP contribution is 2.20. The van der Waals surface area contributed by atoms with Gasteiger partial charge in [-0.25, -0.2) is 0 Å². The maximum Gasteiger partial charge on any atom is 0.129 e. The monoisotopic (exact) mass is 226 g/mol. The molecule has 0 aliphatic heterocycles. The molecule has 0 heterocycles. The van der Waals surface area contributed by atoms with Gasteiger partial charge < -0.3 is 5.11 Å². The minimum absolute atomic E-state index is 0.122. The van der Waals surface area contributed by atoms with Gasteiger partial charge >= 0.3 is 0 Å². The van der Waals surface area contributed by atoms with E-state index in [0.29, 0.717) is 5.92 Å². The van der Waals surface area contributed by atoms with Gasteiger partial charge in [0, 0.05) is 5.92 Å². The Hall–Kier alpha value is -0.263. The van der Waals surface area contributed by atoms with Crippen molar-refractivity contribution in [1.82, 2.24) is 0 Å². The Kier molecular flexibility index (Phi) is 5.62. The lowest BCUT2D eigenvalue weighted by atomic mass is 9.85. The van der Waals surface area contributed by atoms with Crippen LogP contribution in [0.15, 0.2) is 0 Å². The van der Waals surface area contributed by atoms with Gasteiger partial charge in [0.25, 0.3) is 0 Å². The summed E-state index contributed by atoms with van der Waals surface area (Å²) in [4.78, 5) is 0. The molecule has 15 heavy (non-hydrogen) atoms. The summed E-state index contributed by atoms with van der Waals surface area (Å²) in [6.07, 6.45) is -0.297. The molecule has 0 aromatic rings. The molecule has 0 spiro atoms. The second-order valence-electron chi connectivity index (χ2n) is 6.02. The summed E-state index contributed by atoms with van der Waals surface area (Å²) in [7, 11) is -1.32. The normalized spacial score (nSPS) is 16.1. The van der Waals surface area contributed by atoms with Gasteiger partial charge in [0.05, 0.1) is 6.10 Å². The lowest BCUT2D eigenvalue weighted by Crippen LogP contribution is -2.29. The van der Waals surface area contributed by atoms with Gasteiger partial charge in [0.2, 0.25) is 0 Å². The molecule has 88 valence electrons. The number of aliphatic hydroxyl groups is 1. The van der Waals surface area contributed by atoms with Gasteiger partial charge in [0.1, 0.15) is 8.07 Å². The van der Waals surface area contributed by atoms with Gasteiger partial charge in [-0.3, -0.25) is 0 Å². The number of aliphatic hydroxyl groups excluding tert-OH is 1. The van der Waals surface area contributed by atoms with Crippen LogP contribution in [0.25, 0.3) is 0 Å². The van der Waals surface area contributed by atoms with Crippen LogP contribution in [-0.2, 0) is 0 Å². The second-order valence-corrected chi connectivity index (χ2v) is 10.8. The van der Waals surface area contributed by atoms with Crippen LogP contribution in [-0.4, -0.2) is 19.3 Å². The fraction of sp³-hybridized carbons (Fsp3) is 0.846. The first-order chi connectivity index (χ1) is 6.65. The molecule has 1 nitrogen and oxygen atoms in total. The highest BCUT2D eigenvalue weighted by atomic mass is 28.3. The molecule has 0 amide bonds. The van der Waals surface area contributed by atoms with Crippen LogP contribution in [0.4, 0.5) is 0 Å². The van der Waals surface area contributed by atoms with E-state index in [4.69, 9.17) is 0 Å². The Morgan fingerprint density at radius 2 is 1.40 bits per heavy atom. The zero-order chi connectivity index (χ0) is 12.2. The van der Waals surface area contributed by atoms with Crippen LogP contribution in [0, 0.1) is 29.2 Å². The van der Waals surface area contributed by atoms with Crippen molar-refractivity contribution in [3.05, 3.63) is 0 Å². The van der Waals surface area contributed by atoms with Crippen molar-refractivity contribution in [3.63, 3.8) is 0 Å². The molecule has 0 fully saturated rings. The van der Waals surface area contributed by atoms with Crippen LogP contribution in [0.3, 0.4) is 0 Å². The summed E-state index contributed by atoms with van der Waals surface area (Å²) in [6, 6.07) is 0. The van der Waals surface area contributed by atoms with E-state index in [1.165, 1.54) is 0 Å². The molecule has 0 aliphatic carbocycles. The van der Waals surface area contributed by atoms with E-state index in [1.54, 1.807) is 0 Å². The van der Waals surface area contributed by atoms with Crippen molar-refractivity contribution < 1.29 is 5.11 Å². The minimum atomic E-state index is -1.32. The first-order valence-corrected chi connectivity index (χ1v) is 9.36. The summed E-state index contributed by atoms with van der Waals surface area (Å²) < 4.78 is 0. The van der Waals surface area contributed by atoms with E-state index < -0.39 is 8.07 Å². The molecule has 0 bridgehead atoms. The highest BCUT2D eigenvalue weighted by Gasteiger charge is 2.23. The maximum atomic E-state index is 10.1. The van der Waals surface area contributed by atoms with Crippen LogP contribution < -0.4 is 0 Å². The smallest absolute Gasteiger partial charge is 0.129 e. The quantitative estimate of drug-likeness (QED) is 0.579. The molecule has 0 saturated carbocycles. The lowest BCUT2D eigenvalue weighted by molar-refractivity contribution is 0.0694. The summed E-state index contributed by atoms with van der Waals surface area (Å²) in [5.74, 6) is 4.13. The van der Waals surface area contributed by atoms with Crippen LogP contribution in [0.5, 0.6) is 0 Å². The number of hydrogen-bond donors (Lipinski definition) is 1. The van der Waals surface area contributed by atoms with E-state index in [9.17, 15) is 5.11 Å². The van der Waals surface area contributed by atoms with E-state index in [0.717, 1.165) is 0 Å². The van der Waals surface area contributed by atoms with E-state index in [1.807, 2.05) is 0 Å². The van der Waals surface area contributed by atoms with Gasteiger partial charge in [-0.2, -0.15) is 0 Å². The molecule has 0 aromatic carbocycles. The minimum Gasteiger partial charge on any atom is -0.392 e. The predicted octanol–water partition coefficient (Wildman–Crippen LogP) is 3.16. The topological polar surface area (TPSA) is 20.2 Å². The third kappa shape index (κ3) is 6.02. The molecule has 2 atom stereocenters. The molecular weight excluding hydrogens is 200 g/mol. The van der Waals surface area contributed by atoms with Crippen molar-refractivity contribution in [2.24, 2.45) is 17.8 Å². The Morgan fingerprint density at radius 3 is 1.67 bits per heavy atom. The van der Waals surface area contributed by atoms with Crippen molar-refractivity contribution >= 4 is 8.07 Å². The van der Waals surface area contributed by atoms with Gasteiger partial charge in [-0.15, -0.1) is 11.5 Å². The van der Waals surface area contributed by atoms with Crippen LogP contribution >= 0.6 is 0 Å². The van der Waals surface area contributed by atoms with Gasteiger partial charge in [-0.1, -0.05) is 47.3 Å². The molecule has 0 aliphatic rings. The zero-order valence-corrected chi connectivity index (χ0v) is 12.3. The Bertz CT molecular complexity index is 239. The first kappa shape index (κ1) is 14.7. The second kappa shape index (κ2) is 5.72. The molecular formula is C13H26OSi. The van der Waals surface area contributed by atoms with Crippen molar-refractivity contribution in [3.8, 4) is 11.5 Å². The Balaban J connectivity index is 4.75. The van der Waals surface area contributed by atoms with Gasteiger partial charge in [0.15, 0.2) is 0 Å². The summed E-state index contributed by atoms with van der Waals surface area (Å²) >= 11 is 0. The number of rotatable bonds is 3. The SMILES string of the molecule is CC(C)[C@@H](O)[C@H](C#C[Si](C)(C)C)C(C)C. The molecule has 0 aromatic heterocycles. The van der Waals surface area contributed by atoms with Crippen LogP contribution in [0.1, 0.15) is 27.7 Å². The summed E-state index contributed by atoms with van der Waals surface area (Å²) in [5, 5.41) is 10.1. The molecule has 1 N–H and O–H groups in total. The zero-order valence-electron chi connectivity index (χ0n) is 11.3. The molecule has 0 unspecified atom stereocenters. The fourth-order valence-electron chi connectivity index (χ4n) is 1.36. The van der Waals surface area contributed by atoms with Crippen molar-refractivity contribution in [2.45, 2.75) is 53.4 Å². The highest BCUT2D eigenvalue weighted by molar-refractivity contribution is 6.83. The molecule has 2 heteroatoms. The fourth-order valence-corrected chi connectivity index (χ4v) is 1.96. The molecule has 0 saturated heterocycles. The average Bonchev–Trinajstić information content (AvgIpc) is 2.01. The third-order valence-electron chi connectivity index (χ3n) is 2.38. The summed E-state index contributed by atoms with van der Waals surface area (Å²) in [5.41, 5.74) is 3.37. The number of hydrogen-bond acceptors (Lipinski definition) is 1. The van der Waals surface area contributed by atoms with Gasteiger partial charge in [-0.05, 0) is 11.8 Å². The Labute approximate surface area is 96.3 Å². The molecule has 0 rings (SSSR count).